The molecule has 232 valence electrons. The van der Waals surface area contributed by atoms with Crippen molar-refractivity contribution in [2.75, 3.05) is 13.4 Å². The number of fused-ring (bicyclic) bond motifs is 1. The van der Waals surface area contributed by atoms with Crippen LogP contribution in [0.25, 0.3) is 6.08 Å². The molecule has 0 bridgehead atoms. The molecule has 46 heavy (non-hydrogen) atoms. The monoisotopic (exact) mass is 622 g/mol. The Morgan fingerprint density at radius 2 is 1.63 bits per heavy atom. The average Bonchev–Trinajstić information content (AvgIpc) is 3.54. The molecule has 0 aromatic heterocycles. The van der Waals surface area contributed by atoms with Crippen LogP contribution in [0.5, 0.6) is 23.0 Å². The molecule has 5 rings (SSSR count). The zero-order chi connectivity index (χ0) is 32.5. The topological polar surface area (TPSA) is 168 Å². The summed E-state index contributed by atoms with van der Waals surface area (Å²) in [6, 6.07) is 23.1. The van der Waals surface area contributed by atoms with E-state index in [0.29, 0.717) is 28.2 Å². The van der Waals surface area contributed by atoms with Gasteiger partial charge < -0.3 is 24.3 Å². The van der Waals surface area contributed by atoms with Crippen molar-refractivity contribution in [3.63, 3.8) is 0 Å². The van der Waals surface area contributed by atoms with Crippen LogP contribution in [0.4, 0.5) is 5.69 Å². The first-order valence-electron chi connectivity index (χ1n) is 13.9. The third-order valence-corrected chi connectivity index (χ3v) is 6.40. The summed E-state index contributed by atoms with van der Waals surface area (Å²) in [5.74, 6) is -0.504. The van der Waals surface area contributed by atoms with Crippen molar-refractivity contribution < 1.29 is 38.3 Å². The normalized spacial score (nSPS) is 12.0. The molecule has 1 aliphatic rings. The predicted molar refractivity (Wildman–Crippen MR) is 166 cm³/mol. The number of non-ortho nitro benzene ring substituents is 1. The van der Waals surface area contributed by atoms with Gasteiger partial charge in [-0.25, -0.2) is 10.2 Å². The van der Waals surface area contributed by atoms with Gasteiger partial charge in [-0.3, -0.25) is 19.7 Å². The standard InChI is InChI=1S/C33H26N4O9/c1-2-43-30-18-22(9-15-28(30)46-33(40)24-10-12-25(13-11-24)37(41)42)19-34-36-32(39)26(35-31(38)23-6-4-3-5-7-23)16-21-8-14-27-29(17-21)45-20-44-27/h3-19H,2,20H2,1H3,(H,35,38)(H,36,39)/b26-16+,34-19-. The fourth-order valence-corrected chi connectivity index (χ4v) is 4.17. The van der Waals surface area contributed by atoms with Crippen molar-refractivity contribution >= 4 is 35.8 Å². The van der Waals surface area contributed by atoms with Crippen LogP contribution < -0.4 is 29.7 Å². The van der Waals surface area contributed by atoms with Gasteiger partial charge in [0.2, 0.25) is 6.79 Å². The summed E-state index contributed by atoms with van der Waals surface area (Å²) in [5, 5.41) is 17.5. The molecule has 0 aliphatic carbocycles. The van der Waals surface area contributed by atoms with Crippen LogP contribution in [-0.4, -0.2) is 42.3 Å². The minimum Gasteiger partial charge on any atom is -0.490 e. The maximum atomic E-state index is 13.2. The van der Waals surface area contributed by atoms with Crippen LogP contribution in [0.1, 0.15) is 38.8 Å². The van der Waals surface area contributed by atoms with Crippen LogP contribution >= 0.6 is 0 Å². The van der Waals surface area contributed by atoms with Gasteiger partial charge in [0.15, 0.2) is 23.0 Å². The number of hydrogen-bond acceptors (Lipinski definition) is 10. The van der Waals surface area contributed by atoms with Crippen molar-refractivity contribution in [2.45, 2.75) is 6.92 Å². The minimum atomic E-state index is -0.733. The highest BCUT2D eigenvalue weighted by Gasteiger charge is 2.18. The number of nitro groups is 1. The molecule has 2 N–H and O–H groups in total. The Balaban J connectivity index is 1.31. The van der Waals surface area contributed by atoms with Crippen LogP contribution in [0.2, 0.25) is 0 Å². The lowest BCUT2D eigenvalue weighted by atomic mass is 10.1. The lowest BCUT2D eigenvalue weighted by Gasteiger charge is -2.11. The van der Waals surface area contributed by atoms with Crippen LogP contribution in [0, 0.1) is 10.1 Å². The maximum Gasteiger partial charge on any atom is 0.343 e. The molecular weight excluding hydrogens is 596 g/mol. The first-order valence-corrected chi connectivity index (χ1v) is 13.9. The second-order valence-electron chi connectivity index (χ2n) is 9.52. The summed E-state index contributed by atoms with van der Waals surface area (Å²) < 4.78 is 21.8. The number of carbonyl (C=O) groups is 3. The van der Waals surface area contributed by atoms with Crippen LogP contribution in [0.15, 0.2) is 102 Å². The van der Waals surface area contributed by atoms with E-state index in [1.165, 1.54) is 42.6 Å². The fraction of sp³-hybridized carbons (Fsp3) is 0.0909. The maximum absolute atomic E-state index is 13.2. The molecule has 0 atom stereocenters. The Labute approximate surface area is 262 Å². The van der Waals surface area contributed by atoms with Crippen LogP contribution in [-0.2, 0) is 4.79 Å². The van der Waals surface area contributed by atoms with Gasteiger partial charge in [-0.1, -0.05) is 24.3 Å². The van der Waals surface area contributed by atoms with Gasteiger partial charge in [-0.15, -0.1) is 0 Å². The summed E-state index contributed by atoms with van der Waals surface area (Å²) >= 11 is 0. The van der Waals surface area contributed by atoms with E-state index in [1.54, 1.807) is 67.6 Å². The molecule has 0 saturated carbocycles. The van der Waals surface area contributed by atoms with Crippen LogP contribution in [0.3, 0.4) is 0 Å². The molecule has 13 heteroatoms. The second-order valence-corrected chi connectivity index (χ2v) is 9.52. The molecule has 4 aromatic carbocycles. The van der Waals surface area contributed by atoms with E-state index < -0.39 is 22.7 Å². The summed E-state index contributed by atoms with van der Waals surface area (Å²) in [7, 11) is 0. The van der Waals surface area contributed by atoms with Gasteiger partial charge in [-0.2, -0.15) is 5.10 Å². The molecule has 0 saturated heterocycles. The third-order valence-electron chi connectivity index (χ3n) is 6.40. The number of esters is 1. The Morgan fingerprint density at radius 3 is 2.37 bits per heavy atom. The zero-order valence-corrected chi connectivity index (χ0v) is 24.3. The SMILES string of the molecule is CCOc1cc(/C=N\NC(=O)/C(=C\c2ccc3c(c2)OCO3)NC(=O)c2ccccc2)ccc1OC(=O)c1ccc([N+](=O)[O-])cc1. The van der Waals surface area contributed by atoms with E-state index in [2.05, 4.69) is 15.8 Å². The number of nitro benzene ring substituents is 1. The second kappa shape index (κ2) is 14.3. The average molecular weight is 623 g/mol. The Bertz CT molecular complexity index is 1840. The molecule has 0 fully saturated rings. The van der Waals surface area contributed by atoms with E-state index in [4.69, 9.17) is 18.9 Å². The molecule has 0 spiro atoms. The highest BCUT2D eigenvalue weighted by atomic mass is 16.7. The van der Waals surface area contributed by atoms with Gasteiger partial charge in [-0.05, 0) is 78.7 Å². The number of hydrazone groups is 1. The van der Waals surface area contributed by atoms with E-state index in [1.807, 2.05) is 0 Å². The molecule has 1 heterocycles. The van der Waals surface area contributed by atoms with E-state index >= 15 is 0 Å². The number of nitrogens with zero attached hydrogens (tertiary/aromatic N) is 2. The number of hydrogen-bond donors (Lipinski definition) is 2. The highest BCUT2D eigenvalue weighted by Crippen LogP contribution is 2.33. The van der Waals surface area contributed by atoms with Gasteiger partial charge in [0.1, 0.15) is 5.70 Å². The molecule has 0 radical (unpaired) electrons. The van der Waals surface area contributed by atoms with Crippen molar-refractivity contribution in [3.05, 3.63) is 129 Å². The van der Waals surface area contributed by atoms with Gasteiger partial charge in [0, 0.05) is 17.7 Å². The zero-order valence-electron chi connectivity index (χ0n) is 24.3. The molecule has 0 unspecified atom stereocenters. The molecule has 2 amide bonds. The first-order chi connectivity index (χ1) is 22.3. The quantitative estimate of drug-likeness (QED) is 0.0593. The summed E-state index contributed by atoms with van der Waals surface area (Å²) in [4.78, 5) is 49.0. The molecule has 4 aromatic rings. The predicted octanol–water partition coefficient (Wildman–Crippen LogP) is 4.86. The van der Waals surface area contributed by atoms with Crippen molar-refractivity contribution in [1.29, 1.82) is 0 Å². The van der Waals surface area contributed by atoms with E-state index in [-0.39, 0.29) is 41.8 Å². The summed E-state index contributed by atoms with van der Waals surface area (Å²) in [5.41, 5.74) is 3.72. The number of nitrogens with one attached hydrogen (secondary N) is 2. The highest BCUT2D eigenvalue weighted by molar-refractivity contribution is 6.05. The van der Waals surface area contributed by atoms with Gasteiger partial charge in [0.25, 0.3) is 17.5 Å². The Morgan fingerprint density at radius 1 is 0.891 bits per heavy atom. The van der Waals surface area contributed by atoms with Gasteiger partial charge >= 0.3 is 5.97 Å². The minimum absolute atomic E-state index is 0.0756. The van der Waals surface area contributed by atoms with E-state index in [9.17, 15) is 24.5 Å². The van der Waals surface area contributed by atoms with Crippen molar-refractivity contribution in [1.82, 2.24) is 10.7 Å². The number of benzene rings is 4. The van der Waals surface area contributed by atoms with Gasteiger partial charge in [0.05, 0.1) is 23.3 Å². The van der Waals surface area contributed by atoms with Crippen molar-refractivity contribution in [2.24, 2.45) is 5.10 Å². The summed E-state index contributed by atoms with van der Waals surface area (Å²) in [6.07, 6.45) is 2.83. The smallest absolute Gasteiger partial charge is 0.343 e. The number of rotatable bonds is 11. The lowest BCUT2D eigenvalue weighted by Crippen LogP contribution is -2.32. The largest absolute Gasteiger partial charge is 0.490 e. The fourth-order valence-electron chi connectivity index (χ4n) is 4.17. The van der Waals surface area contributed by atoms with Crippen molar-refractivity contribution in [3.8, 4) is 23.0 Å². The Kier molecular flexibility index (Phi) is 9.63. The molecular formula is C33H26N4O9. The first kappa shape index (κ1) is 30.9. The number of carbonyl (C=O) groups excluding carboxylic acids is 3. The lowest BCUT2D eigenvalue weighted by molar-refractivity contribution is -0.384. The van der Waals surface area contributed by atoms with E-state index in [0.717, 1.165) is 0 Å². The molecule has 13 nitrogen and oxygen atoms in total. The third kappa shape index (κ3) is 7.71. The number of amides is 2. The summed E-state index contributed by atoms with van der Waals surface area (Å²) in [6.45, 7) is 2.10. The Hall–Kier alpha value is -6.50. The number of ether oxygens (including phenoxy) is 4. The molecule has 1 aliphatic heterocycles.